The SMILES string of the molecule is CCOC(=O)CN1C(=O)S/C(=C\c2ccc(OC(=O)c3cccc(C)c3)c(OC)c2)C1=O. The first kappa shape index (κ1) is 23.1. The van der Waals surface area contributed by atoms with Crippen molar-refractivity contribution < 1.29 is 33.4 Å². The number of nitrogens with zero attached hydrogens (tertiary/aromatic N) is 1. The summed E-state index contributed by atoms with van der Waals surface area (Å²) in [6.45, 7) is 3.24. The van der Waals surface area contributed by atoms with Crippen molar-refractivity contribution >= 4 is 40.9 Å². The minimum atomic E-state index is -0.655. The summed E-state index contributed by atoms with van der Waals surface area (Å²) < 4.78 is 15.6. The van der Waals surface area contributed by atoms with Gasteiger partial charge in [-0.25, -0.2) is 4.79 Å². The van der Waals surface area contributed by atoms with Crippen LogP contribution in [0, 0.1) is 6.92 Å². The highest BCUT2D eigenvalue weighted by Crippen LogP contribution is 2.34. The molecule has 1 heterocycles. The van der Waals surface area contributed by atoms with Gasteiger partial charge in [-0.1, -0.05) is 23.8 Å². The zero-order valence-corrected chi connectivity index (χ0v) is 18.6. The third kappa shape index (κ3) is 5.36. The summed E-state index contributed by atoms with van der Waals surface area (Å²) in [5, 5.41) is -0.551. The van der Waals surface area contributed by atoms with Crippen LogP contribution >= 0.6 is 11.8 Å². The Hall–Kier alpha value is -3.59. The quantitative estimate of drug-likeness (QED) is 0.353. The van der Waals surface area contributed by atoms with Gasteiger partial charge >= 0.3 is 11.9 Å². The molecule has 1 fully saturated rings. The molecule has 1 saturated heterocycles. The second-order valence-corrected chi connectivity index (χ2v) is 7.74. The van der Waals surface area contributed by atoms with E-state index in [0.29, 0.717) is 11.1 Å². The van der Waals surface area contributed by atoms with Crippen LogP contribution in [-0.2, 0) is 14.3 Å². The lowest BCUT2D eigenvalue weighted by atomic mass is 10.1. The van der Waals surface area contributed by atoms with Crippen molar-refractivity contribution in [3.05, 3.63) is 64.1 Å². The molecule has 2 amide bonds. The van der Waals surface area contributed by atoms with E-state index in [1.807, 2.05) is 13.0 Å². The molecule has 166 valence electrons. The first-order valence-corrected chi connectivity index (χ1v) is 10.5. The van der Waals surface area contributed by atoms with E-state index in [1.165, 1.54) is 13.2 Å². The third-order valence-electron chi connectivity index (χ3n) is 4.41. The monoisotopic (exact) mass is 455 g/mol. The number of amides is 2. The van der Waals surface area contributed by atoms with Crippen molar-refractivity contribution in [1.29, 1.82) is 0 Å². The molecule has 0 unspecified atom stereocenters. The second kappa shape index (κ2) is 10.1. The molecule has 0 aliphatic carbocycles. The van der Waals surface area contributed by atoms with Crippen LogP contribution < -0.4 is 9.47 Å². The molecule has 0 saturated carbocycles. The van der Waals surface area contributed by atoms with E-state index in [9.17, 15) is 19.2 Å². The van der Waals surface area contributed by atoms with E-state index in [2.05, 4.69) is 0 Å². The number of carbonyl (C=O) groups excluding carboxylic acids is 4. The molecule has 1 aliphatic heterocycles. The maximum atomic E-state index is 12.5. The number of imide groups is 1. The molecule has 0 radical (unpaired) electrons. The summed E-state index contributed by atoms with van der Waals surface area (Å²) in [5.41, 5.74) is 1.89. The van der Waals surface area contributed by atoms with Crippen molar-refractivity contribution in [2.24, 2.45) is 0 Å². The number of hydrogen-bond acceptors (Lipinski definition) is 8. The molecule has 0 aromatic heterocycles. The van der Waals surface area contributed by atoms with Gasteiger partial charge in [0.05, 0.1) is 24.2 Å². The summed E-state index contributed by atoms with van der Waals surface area (Å²) in [6, 6.07) is 11.8. The Morgan fingerprint density at radius 3 is 2.56 bits per heavy atom. The minimum absolute atomic E-state index is 0.158. The van der Waals surface area contributed by atoms with Gasteiger partial charge in [-0.2, -0.15) is 0 Å². The van der Waals surface area contributed by atoms with Gasteiger partial charge in [-0.05, 0) is 61.5 Å². The Morgan fingerprint density at radius 1 is 1.09 bits per heavy atom. The summed E-state index contributed by atoms with van der Waals surface area (Å²) >= 11 is 0.728. The van der Waals surface area contributed by atoms with Gasteiger partial charge in [0.1, 0.15) is 6.54 Å². The number of esters is 2. The van der Waals surface area contributed by atoms with E-state index < -0.39 is 29.6 Å². The molecule has 1 aliphatic rings. The van der Waals surface area contributed by atoms with Crippen LogP contribution in [0.15, 0.2) is 47.4 Å². The fourth-order valence-corrected chi connectivity index (χ4v) is 3.75. The lowest BCUT2D eigenvalue weighted by molar-refractivity contribution is -0.145. The smallest absolute Gasteiger partial charge is 0.343 e. The van der Waals surface area contributed by atoms with Gasteiger partial charge in [0.2, 0.25) is 0 Å². The van der Waals surface area contributed by atoms with E-state index >= 15 is 0 Å². The van der Waals surface area contributed by atoms with Crippen LogP contribution in [0.4, 0.5) is 4.79 Å². The topological polar surface area (TPSA) is 99.2 Å². The fraction of sp³-hybridized carbons (Fsp3) is 0.217. The predicted octanol–water partition coefficient (Wildman–Crippen LogP) is 3.82. The summed E-state index contributed by atoms with van der Waals surface area (Å²) in [5.74, 6) is -1.27. The van der Waals surface area contributed by atoms with Gasteiger partial charge in [-0.3, -0.25) is 19.3 Å². The van der Waals surface area contributed by atoms with Crippen molar-refractivity contribution in [2.45, 2.75) is 13.8 Å². The Balaban J connectivity index is 1.77. The highest BCUT2D eigenvalue weighted by atomic mass is 32.2. The number of methoxy groups -OCH3 is 1. The largest absolute Gasteiger partial charge is 0.493 e. The van der Waals surface area contributed by atoms with Gasteiger partial charge in [0, 0.05) is 0 Å². The number of rotatable bonds is 7. The Bertz CT molecular complexity index is 1110. The highest BCUT2D eigenvalue weighted by Gasteiger charge is 2.36. The van der Waals surface area contributed by atoms with Crippen LogP contribution in [0.1, 0.15) is 28.4 Å². The highest BCUT2D eigenvalue weighted by molar-refractivity contribution is 8.18. The number of carbonyl (C=O) groups is 4. The number of thioether (sulfide) groups is 1. The molecule has 2 aromatic rings. The number of aryl methyl sites for hydroxylation is 1. The molecule has 8 nitrogen and oxygen atoms in total. The second-order valence-electron chi connectivity index (χ2n) is 6.74. The van der Waals surface area contributed by atoms with Crippen molar-refractivity contribution in [2.75, 3.05) is 20.3 Å². The van der Waals surface area contributed by atoms with Gasteiger partial charge in [-0.15, -0.1) is 0 Å². The normalized spacial score (nSPS) is 14.6. The lowest BCUT2D eigenvalue weighted by Gasteiger charge is -2.11. The van der Waals surface area contributed by atoms with E-state index in [1.54, 1.807) is 43.3 Å². The van der Waals surface area contributed by atoms with Gasteiger partial charge in [0.15, 0.2) is 11.5 Å². The number of hydrogen-bond donors (Lipinski definition) is 0. The third-order valence-corrected chi connectivity index (χ3v) is 5.32. The molecule has 0 spiro atoms. The fourth-order valence-electron chi connectivity index (χ4n) is 2.91. The number of benzene rings is 2. The standard InChI is InChI=1S/C23H21NO7S/c1-4-30-20(25)13-24-21(26)19(32-23(24)28)12-15-8-9-17(18(11-15)29-3)31-22(27)16-7-5-6-14(2)10-16/h5-12H,4,13H2,1-3H3/b19-12-. The first-order chi connectivity index (χ1) is 15.3. The maximum Gasteiger partial charge on any atom is 0.343 e. The average Bonchev–Trinajstić information content (AvgIpc) is 3.02. The van der Waals surface area contributed by atoms with E-state index in [-0.39, 0.29) is 23.0 Å². The molecular formula is C23H21NO7S. The molecule has 9 heteroatoms. The van der Waals surface area contributed by atoms with Crippen molar-refractivity contribution in [3.8, 4) is 11.5 Å². The Labute approximate surface area is 189 Å². The van der Waals surface area contributed by atoms with E-state index in [0.717, 1.165) is 22.2 Å². The molecule has 0 N–H and O–H groups in total. The first-order valence-electron chi connectivity index (χ1n) is 9.70. The Morgan fingerprint density at radius 2 is 1.88 bits per heavy atom. The van der Waals surface area contributed by atoms with Gasteiger partial charge < -0.3 is 14.2 Å². The number of ether oxygens (including phenoxy) is 3. The molecule has 32 heavy (non-hydrogen) atoms. The van der Waals surface area contributed by atoms with Gasteiger partial charge in [0.25, 0.3) is 11.1 Å². The zero-order valence-electron chi connectivity index (χ0n) is 17.7. The van der Waals surface area contributed by atoms with Crippen molar-refractivity contribution in [3.63, 3.8) is 0 Å². The predicted molar refractivity (Wildman–Crippen MR) is 118 cm³/mol. The van der Waals surface area contributed by atoms with Crippen LogP contribution in [0.5, 0.6) is 11.5 Å². The van der Waals surface area contributed by atoms with Crippen LogP contribution in [-0.4, -0.2) is 48.2 Å². The summed E-state index contributed by atoms with van der Waals surface area (Å²) in [4.78, 5) is 49.7. The Kier molecular flexibility index (Phi) is 7.32. The van der Waals surface area contributed by atoms with Crippen LogP contribution in [0.2, 0.25) is 0 Å². The van der Waals surface area contributed by atoms with Crippen LogP contribution in [0.3, 0.4) is 0 Å². The lowest BCUT2D eigenvalue weighted by Crippen LogP contribution is -2.34. The molecule has 2 aromatic carbocycles. The van der Waals surface area contributed by atoms with Crippen LogP contribution in [0.25, 0.3) is 6.08 Å². The minimum Gasteiger partial charge on any atom is -0.493 e. The van der Waals surface area contributed by atoms with E-state index in [4.69, 9.17) is 14.2 Å². The average molecular weight is 455 g/mol. The molecule has 3 rings (SSSR count). The molecule has 0 bridgehead atoms. The van der Waals surface area contributed by atoms with Crippen molar-refractivity contribution in [1.82, 2.24) is 4.90 Å². The summed E-state index contributed by atoms with van der Waals surface area (Å²) in [7, 11) is 1.43. The summed E-state index contributed by atoms with van der Waals surface area (Å²) in [6.07, 6.45) is 1.50. The maximum absolute atomic E-state index is 12.5. The molecule has 0 atom stereocenters. The molecular weight excluding hydrogens is 434 g/mol. The zero-order chi connectivity index (χ0) is 23.3.